The molecule has 1 spiro atoms. The third-order valence-electron chi connectivity index (χ3n) is 4.11. The smallest absolute Gasteiger partial charge is 0.174 e. The summed E-state index contributed by atoms with van der Waals surface area (Å²) < 4.78 is 11.7. The van der Waals surface area contributed by atoms with Gasteiger partial charge in [0.15, 0.2) is 5.79 Å². The van der Waals surface area contributed by atoms with Crippen molar-refractivity contribution in [3.05, 3.63) is 0 Å². The summed E-state index contributed by atoms with van der Waals surface area (Å²) in [5, 5.41) is 10.1. The van der Waals surface area contributed by atoms with E-state index in [-0.39, 0.29) is 5.79 Å². The van der Waals surface area contributed by atoms with Crippen molar-refractivity contribution in [3.8, 4) is 0 Å². The molecule has 3 fully saturated rings. The van der Waals surface area contributed by atoms with E-state index in [0.717, 1.165) is 38.9 Å². The Morgan fingerprint density at radius 2 is 1.57 bits per heavy atom. The molecule has 1 heterocycles. The van der Waals surface area contributed by atoms with Crippen molar-refractivity contribution < 1.29 is 14.6 Å². The number of aliphatic hydroxyl groups is 1. The summed E-state index contributed by atoms with van der Waals surface area (Å²) in [6.07, 6.45) is 3.98. The summed E-state index contributed by atoms with van der Waals surface area (Å²) in [4.78, 5) is 0. The minimum absolute atomic E-state index is 0.303. The van der Waals surface area contributed by atoms with Gasteiger partial charge in [0.05, 0.1) is 18.8 Å². The van der Waals surface area contributed by atoms with Gasteiger partial charge in [-0.05, 0) is 32.6 Å². The van der Waals surface area contributed by atoms with Gasteiger partial charge in [0.2, 0.25) is 0 Å². The molecule has 1 aliphatic heterocycles. The lowest BCUT2D eigenvalue weighted by Gasteiger charge is -2.44. The Morgan fingerprint density at radius 3 is 2.07 bits per heavy atom. The van der Waals surface area contributed by atoms with Crippen molar-refractivity contribution in [1.29, 1.82) is 0 Å². The molecule has 14 heavy (non-hydrogen) atoms. The van der Waals surface area contributed by atoms with Crippen molar-refractivity contribution in [2.75, 3.05) is 13.2 Å². The molecule has 1 saturated heterocycles. The van der Waals surface area contributed by atoms with Crippen LogP contribution in [0.1, 0.15) is 32.6 Å². The van der Waals surface area contributed by atoms with Crippen LogP contribution in [-0.4, -0.2) is 29.7 Å². The van der Waals surface area contributed by atoms with Crippen molar-refractivity contribution in [3.63, 3.8) is 0 Å². The lowest BCUT2D eigenvalue weighted by Crippen LogP contribution is -2.51. The van der Waals surface area contributed by atoms with Gasteiger partial charge in [-0.15, -0.1) is 0 Å². The summed E-state index contributed by atoms with van der Waals surface area (Å²) in [7, 11) is 0. The molecular formula is C11H18O3. The maximum atomic E-state index is 10.1. The molecule has 2 atom stereocenters. The van der Waals surface area contributed by atoms with Crippen LogP contribution in [-0.2, 0) is 9.47 Å². The fraction of sp³-hybridized carbons (Fsp3) is 1.00. The molecule has 3 heteroatoms. The predicted octanol–water partition coefficient (Wildman–Crippen LogP) is 1.30. The van der Waals surface area contributed by atoms with E-state index in [1.165, 1.54) is 0 Å². The van der Waals surface area contributed by atoms with Crippen LogP contribution in [0.5, 0.6) is 0 Å². The van der Waals surface area contributed by atoms with Crippen LogP contribution in [0.4, 0.5) is 0 Å². The van der Waals surface area contributed by atoms with Gasteiger partial charge in [0, 0.05) is 11.8 Å². The molecule has 80 valence electrons. The Labute approximate surface area is 84.4 Å². The van der Waals surface area contributed by atoms with Gasteiger partial charge >= 0.3 is 0 Å². The largest absolute Gasteiger partial charge is 0.390 e. The first-order valence-corrected chi connectivity index (χ1v) is 5.63. The first-order valence-electron chi connectivity index (χ1n) is 5.63. The molecule has 0 aromatic rings. The lowest BCUT2D eigenvalue weighted by atomic mass is 9.74. The highest BCUT2D eigenvalue weighted by molar-refractivity contribution is 5.04. The summed E-state index contributed by atoms with van der Waals surface area (Å²) >= 11 is 0. The SMILES string of the molecule is CC1(O)CC2CCC(C1)C21OCCO1. The van der Waals surface area contributed by atoms with E-state index >= 15 is 0 Å². The van der Waals surface area contributed by atoms with Gasteiger partial charge in [0.25, 0.3) is 0 Å². The predicted molar refractivity (Wildman–Crippen MR) is 50.7 cm³/mol. The van der Waals surface area contributed by atoms with E-state index in [9.17, 15) is 5.11 Å². The van der Waals surface area contributed by atoms with Crippen LogP contribution in [0.2, 0.25) is 0 Å². The Balaban J connectivity index is 1.90. The summed E-state index contributed by atoms with van der Waals surface area (Å²) in [5.74, 6) is 0.528. The molecule has 2 unspecified atom stereocenters. The van der Waals surface area contributed by atoms with Crippen LogP contribution in [0.3, 0.4) is 0 Å². The Bertz CT molecular complexity index is 225. The van der Waals surface area contributed by atoms with Crippen LogP contribution in [0, 0.1) is 11.8 Å². The van der Waals surface area contributed by atoms with Crippen LogP contribution >= 0.6 is 0 Å². The first kappa shape index (κ1) is 9.13. The zero-order valence-electron chi connectivity index (χ0n) is 8.66. The van der Waals surface area contributed by atoms with Crippen molar-refractivity contribution in [2.24, 2.45) is 11.8 Å². The zero-order valence-corrected chi connectivity index (χ0v) is 8.66. The van der Waals surface area contributed by atoms with Crippen LogP contribution < -0.4 is 0 Å². The third kappa shape index (κ3) is 1.09. The molecule has 3 rings (SSSR count). The second kappa shape index (κ2) is 2.71. The minimum Gasteiger partial charge on any atom is -0.390 e. The van der Waals surface area contributed by atoms with Crippen molar-refractivity contribution in [1.82, 2.24) is 0 Å². The first-order chi connectivity index (χ1) is 6.62. The fourth-order valence-electron chi connectivity index (χ4n) is 3.69. The van der Waals surface area contributed by atoms with E-state index in [1.807, 2.05) is 6.92 Å². The van der Waals surface area contributed by atoms with E-state index in [2.05, 4.69) is 0 Å². The molecule has 0 radical (unpaired) electrons. The standard InChI is InChI=1S/C11H18O3/c1-10(12)6-8-2-3-9(7-10)11(8)13-4-5-14-11/h8-9,12H,2-7H2,1H3. The minimum atomic E-state index is -0.494. The maximum Gasteiger partial charge on any atom is 0.174 e. The molecule has 0 aromatic carbocycles. The summed E-state index contributed by atoms with van der Waals surface area (Å²) in [6, 6.07) is 0. The van der Waals surface area contributed by atoms with Gasteiger partial charge in [0.1, 0.15) is 0 Å². The van der Waals surface area contributed by atoms with Gasteiger partial charge in [-0.25, -0.2) is 0 Å². The second-order valence-electron chi connectivity index (χ2n) is 5.29. The number of hydrogen-bond acceptors (Lipinski definition) is 3. The molecule has 2 bridgehead atoms. The zero-order chi connectivity index (χ0) is 9.81. The topological polar surface area (TPSA) is 38.7 Å². The highest BCUT2D eigenvalue weighted by Crippen LogP contribution is 2.56. The quantitative estimate of drug-likeness (QED) is 0.637. The number of rotatable bonds is 0. The monoisotopic (exact) mass is 198 g/mol. The Morgan fingerprint density at radius 1 is 1.07 bits per heavy atom. The molecule has 0 aromatic heterocycles. The van der Waals surface area contributed by atoms with E-state index in [4.69, 9.17) is 9.47 Å². The molecule has 3 nitrogen and oxygen atoms in total. The van der Waals surface area contributed by atoms with Gasteiger partial charge < -0.3 is 14.6 Å². The van der Waals surface area contributed by atoms with Crippen LogP contribution in [0.25, 0.3) is 0 Å². The number of ether oxygens (including phenoxy) is 2. The molecule has 3 aliphatic rings. The Hall–Kier alpha value is -0.120. The molecule has 0 amide bonds. The van der Waals surface area contributed by atoms with Gasteiger partial charge in [-0.2, -0.15) is 0 Å². The van der Waals surface area contributed by atoms with E-state index in [1.54, 1.807) is 0 Å². The average Bonchev–Trinajstić information content (AvgIpc) is 2.64. The van der Waals surface area contributed by atoms with E-state index in [0.29, 0.717) is 11.8 Å². The molecular weight excluding hydrogens is 180 g/mol. The molecule has 2 saturated carbocycles. The Kier molecular flexibility index (Phi) is 1.77. The highest BCUT2D eigenvalue weighted by Gasteiger charge is 2.60. The van der Waals surface area contributed by atoms with Gasteiger partial charge in [-0.1, -0.05) is 0 Å². The fourth-order valence-corrected chi connectivity index (χ4v) is 3.69. The second-order valence-corrected chi connectivity index (χ2v) is 5.29. The lowest BCUT2D eigenvalue weighted by molar-refractivity contribution is -0.246. The average molecular weight is 198 g/mol. The summed E-state index contributed by atoms with van der Waals surface area (Å²) in [5.41, 5.74) is -0.494. The van der Waals surface area contributed by atoms with Gasteiger partial charge in [-0.3, -0.25) is 0 Å². The van der Waals surface area contributed by atoms with Crippen LogP contribution in [0.15, 0.2) is 0 Å². The normalized spacial score (nSPS) is 50.1. The third-order valence-corrected chi connectivity index (χ3v) is 4.11. The number of hydrogen-bond donors (Lipinski definition) is 1. The van der Waals surface area contributed by atoms with E-state index < -0.39 is 5.60 Å². The highest BCUT2D eigenvalue weighted by atomic mass is 16.7. The molecule has 1 N–H and O–H groups in total. The molecule has 2 aliphatic carbocycles. The van der Waals surface area contributed by atoms with Crippen molar-refractivity contribution >= 4 is 0 Å². The maximum absolute atomic E-state index is 10.1. The summed E-state index contributed by atoms with van der Waals surface area (Å²) in [6.45, 7) is 3.41. The van der Waals surface area contributed by atoms with Crippen molar-refractivity contribution in [2.45, 2.75) is 44.0 Å².